The predicted molar refractivity (Wildman–Crippen MR) is 106 cm³/mol. The number of nitrogens with zero attached hydrogens (tertiary/aromatic N) is 3. The summed E-state index contributed by atoms with van der Waals surface area (Å²) in [6, 6.07) is 0.974. The van der Waals surface area contributed by atoms with Crippen molar-refractivity contribution in [2.45, 2.75) is 34.7 Å². The quantitative estimate of drug-likeness (QED) is 0.313. The number of benzene rings is 1. The largest absolute Gasteiger partial charge is 0.744 e. The van der Waals surface area contributed by atoms with E-state index in [9.17, 15) is 38.1 Å². The molecule has 0 bridgehead atoms. The van der Waals surface area contributed by atoms with E-state index in [1.807, 2.05) is 6.26 Å². The first-order valence-corrected chi connectivity index (χ1v) is 13.3. The molecule has 0 amide bonds. The van der Waals surface area contributed by atoms with Crippen LogP contribution in [0.2, 0.25) is 0 Å². The molecule has 2 rings (SSSR count). The summed E-state index contributed by atoms with van der Waals surface area (Å²) in [5.41, 5.74) is -3.36. The maximum Gasteiger partial charge on any atom is 0.331 e. The second kappa shape index (κ2) is 8.41. The van der Waals surface area contributed by atoms with Crippen molar-refractivity contribution in [2.24, 2.45) is 0 Å². The molecule has 1 aromatic carbocycles. The SMILES string of the molecule is CSC1CCCC1S(C)(C)O[N+](=O)c1cc([N+](=O)[O-])c(S(=O)(=O)[O-])c([N+](=O)[O-])c1. The van der Waals surface area contributed by atoms with E-state index in [1.54, 1.807) is 24.3 Å². The van der Waals surface area contributed by atoms with Gasteiger partial charge in [0, 0.05) is 23.0 Å². The summed E-state index contributed by atoms with van der Waals surface area (Å²) >= 11 is 1.65. The van der Waals surface area contributed by atoms with E-state index < -0.39 is 52.2 Å². The van der Waals surface area contributed by atoms with Crippen molar-refractivity contribution in [1.29, 1.82) is 0 Å². The van der Waals surface area contributed by atoms with Gasteiger partial charge in [0.05, 0.1) is 14.8 Å². The number of hydrogen-bond acceptors (Lipinski definition) is 10. The Morgan fingerprint density at radius 2 is 1.59 bits per heavy atom. The lowest BCUT2D eigenvalue weighted by Crippen LogP contribution is -2.26. The van der Waals surface area contributed by atoms with Crippen LogP contribution in [0.3, 0.4) is 0 Å². The Kier molecular flexibility index (Phi) is 6.76. The lowest BCUT2D eigenvalue weighted by Gasteiger charge is -2.33. The molecule has 1 aromatic rings. The third-order valence-electron chi connectivity index (χ3n) is 4.57. The monoisotopic (exact) mass is 469 g/mol. The summed E-state index contributed by atoms with van der Waals surface area (Å²) < 4.78 is 39.6. The molecule has 0 aromatic heterocycles. The van der Waals surface area contributed by atoms with Gasteiger partial charge in [-0.2, -0.15) is 16.0 Å². The Balaban J connectivity index is 2.50. The molecule has 0 N–H and O–H groups in total. The van der Waals surface area contributed by atoms with E-state index in [4.69, 9.17) is 4.28 Å². The molecule has 1 saturated carbocycles. The minimum absolute atomic E-state index is 0.0696. The van der Waals surface area contributed by atoms with Crippen LogP contribution in [0.5, 0.6) is 0 Å². The molecule has 29 heavy (non-hydrogen) atoms. The first-order chi connectivity index (χ1) is 13.3. The van der Waals surface area contributed by atoms with Gasteiger partial charge in [-0.1, -0.05) is 6.42 Å². The molecule has 0 aliphatic heterocycles. The number of thioether (sulfide) groups is 1. The van der Waals surface area contributed by atoms with E-state index >= 15 is 0 Å². The summed E-state index contributed by atoms with van der Waals surface area (Å²) in [5.74, 6) is 0. The molecule has 0 radical (unpaired) electrons. The van der Waals surface area contributed by atoms with Gasteiger partial charge in [-0.15, -0.1) is 0 Å². The minimum Gasteiger partial charge on any atom is -0.744 e. The van der Waals surface area contributed by atoms with Gasteiger partial charge in [-0.05, 0) is 29.4 Å². The number of rotatable bonds is 8. The fraction of sp³-hybridized carbons (Fsp3) is 0.571. The summed E-state index contributed by atoms with van der Waals surface area (Å²) in [7, 11) is -7.55. The molecule has 0 saturated heterocycles. The first kappa shape index (κ1) is 23.3. The second-order valence-electron chi connectivity index (χ2n) is 6.67. The van der Waals surface area contributed by atoms with Crippen LogP contribution in [0, 0.1) is 25.1 Å². The lowest BCUT2D eigenvalue weighted by atomic mass is 10.2. The fourth-order valence-electron chi connectivity index (χ4n) is 3.30. The number of hydrogen-bond donors (Lipinski definition) is 0. The third kappa shape index (κ3) is 4.96. The smallest absolute Gasteiger partial charge is 0.331 e. The molecular weight excluding hydrogens is 450 g/mol. The van der Waals surface area contributed by atoms with Crippen LogP contribution in [0.25, 0.3) is 0 Å². The average molecular weight is 470 g/mol. The van der Waals surface area contributed by atoms with Gasteiger partial charge < -0.3 is 4.55 Å². The second-order valence-corrected chi connectivity index (χ2v) is 12.4. The van der Waals surface area contributed by atoms with Crippen molar-refractivity contribution in [3.8, 4) is 0 Å². The molecule has 0 heterocycles. The van der Waals surface area contributed by atoms with E-state index in [1.165, 1.54) is 0 Å². The van der Waals surface area contributed by atoms with Crippen molar-refractivity contribution >= 4 is 49.3 Å². The van der Waals surface area contributed by atoms with Gasteiger partial charge in [0.15, 0.2) is 0 Å². The van der Waals surface area contributed by atoms with E-state index in [2.05, 4.69) is 0 Å². The summed E-state index contributed by atoms with van der Waals surface area (Å²) in [5, 5.41) is 22.8. The molecule has 0 spiro atoms. The maximum absolute atomic E-state index is 12.6. The highest BCUT2D eigenvalue weighted by atomic mass is 32.3. The van der Waals surface area contributed by atoms with Crippen molar-refractivity contribution in [3.63, 3.8) is 0 Å². The Labute approximate surface area is 172 Å². The Morgan fingerprint density at radius 1 is 1.07 bits per heavy atom. The average Bonchev–Trinajstić information content (AvgIpc) is 3.09. The van der Waals surface area contributed by atoms with E-state index in [0.29, 0.717) is 12.1 Å². The van der Waals surface area contributed by atoms with Crippen LogP contribution in [-0.4, -0.2) is 57.0 Å². The Morgan fingerprint density at radius 3 is 2.00 bits per heavy atom. The van der Waals surface area contributed by atoms with Gasteiger partial charge in [-0.25, -0.2) is 8.42 Å². The molecule has 1 fully saturated rings. The van der Waals surface area contributed by atoms with Crippen molar-refractivity contribution in [1.82, 2.24) is 0 Å². The van der Waals surface area contributed by atoms with Gasteiger partial charge in [-0.3, -0.25) is 20.2 Å². The van der Waals surface area contributed by atoms with Crippen LogP contribution in [0.15, 0.2) is 17.0 Å². The van der Waals surface area contributed by atoms with E-state index in [-0.39, 0.29) is 15.4 Å². The summed E-state index contributed by atoms with van der Waals surface area (Å²) in [6.45, 7) is 0. The molecule has 1 aliphatic rings. The van der Waals surface area contributed by atoms with Gasteiger partial charge in [0.2, 0.25) is 4.90 Å². The summed E-state index contributed by atoms with van der Waals surface area (Å²) in [4.78, 5) is 30.8. The standard InChI is InChI=1S/C14H19N3O9S3/c1-27-12-5-4-6-13(12)28(2,3)26-17(22)9-7-10(15(18)19)14(29(23,24)25)11(8-9)16(20)21/h7-8,12-13H,4-6H2,1-3H3. The minimum atomic E-state index is -5.55. The molecule has 1 aliphatic carbocycles. The van der Waals surface area contributed by atoms with Gasteiger partial charge in [0.1, 0.15) is 22.3 Å². The molecule has 2 unspecified atom stereocenters. The first-order valence-electron chi connectivity index (χ1n) is 8.14. The Hall–Kier alpha value is -1.97. The highest BCUT2D eigenvalue weighted by Gasteiger charge is 2.43. The normalized spacial score (nSPS) is 20.3. The molecule has 12 nitrogen and oxygen atoms in total. The Bertz CT molecular complexity index is 929. The van der Waals surface area contributed by atoms with Crippen LogP contribution in [0.1, 0.15) is 19.3 Å². The zero-order valence-electron chi connectivity index (χ0n) is 15.7. The third-order valence-corrected chi connectivity index (χ3v) is 9.37. The lowest BCUT2D eigenvalue weighted by molar-refractivity contribution is -0.696. The van der Waals surface area contributed by atoms with E-state index in [0.717, 1.165) is 19.3 Å². The van der Waals surface area contributed by atoms with Gasteiger partial charge in [0.25, 0.3) is 4.92 Å². The number of nitro benzene ring substituents is 2. The molecule has 15 heteroatoms. The van der Waals surface area contributed by atoms with Crippen LogP contribution in [0.4, 0.5) is 17.1 Å². The predicted octanol–water partition coefficient (Wildman–Crippen LogP) is 3.01. The van der Waals surface area contributed by atoms with Gasteiger partial charge >= 0.3 is 17.1 Å². The zero-order chi connectivity index (χ0) is 22.1. The highest BCUT2D eigenvalue weighted by Crippen LogP contribution is 2.56. The van der Waals surface area contributed by atoms with Crippen LogP contribution >= 0.6 is 22.1 Å². The van der Waals surface area contributed by atoms with Crippen molar-refractivity contribution in [2.75, 3.05) is 18.8 Å². The number of nitro groups is 2. The van der Waals surface area contributed by atoms with Crippen molar-refractivity contribution < 1.29 is 32.0 Å². The maximum atomic E-state index is 12.6. The van der Waals surface area contributed by atoms with Crippen LogP contribution < -0.4 is 0 Å². The topological polar surface area (TPSA) is 173 Å². The highest BCUT2D eigenvalue weighted by molar-refractivity contribution is 8.29. The van der Waals surface area contributed by atoms with Crippen LogP contribution in [-0.2, 0) is 14.4 Å². The fourth-order valence-corrected chi connectivity index (χ4v) is 8.20. The molecule has 162 valence electrons. The molecular formula is C14H19N3O9S3. The molecule has 2 atom stereocenters. The summed E-state index contributed by atoms with van der Waals surface area (Å²) in [6.07, 6.45) is 8.18. The zero-order valence-corrected chi connectivity index (χ0v) is 18.1. The van der Waals surface area contributed by atoms with Crippen molar-refractivity contribution in [3.05, 3.63) is 37.3 Å².